The van der Waals surface area contributed by atoms with Crippen molar-refractivity contribution in [2.75, 3.05) is 64.5 Å². The average Bonchev–Trinajstić information content (AvgIpc) is 3.02. The van der Waals surface area contributed by atoms with Gasteiger partial charge in [0.05, 0.1) is 49.4 Å². The molecule has 4 unspecified atom stereocenters. The molecular weight excluding hydrogens is 1070 g/mol. The molecule has 5 aromatic heterocycles. The van der Waals surface area contributed by atoms with Crippen LogP contribution in [0.25, 0.3) is 66.0 Å². The van der Waals surface area contributed by atoms with Crippen molar-refractivity contribution in [3.8, 4) is 34.1 Å². The van der Waals surface area contributed by atoms with Gasteiger partial charge in [0.2, 0.25) is 11.8 Å². The summed E-state index contributed by atoms with van der Waals surface area (Å²) >= 11 is 0. The van der Waals surface area contributed by atoms with E-state index < -0.39 is 41.6 Å². The number of aliphatic hydroxyl groups is 2. The number of nitrogens with one attached hydrogen (secondary N) is 3. The molecule has 9 aromatic rings. The van der Waals surface area contributed by atoms with E-state index in [4.69, 9.17) is 29.3 Å². The van der Waals surface area contributed by atoms with E-state index in [1.54, 1.807) is 12.4 Å². The maximum absolute atomic E-state index is 14.9. The third-order valence-electron chi connectivity index (χ3n) is 17.4. The molecule has 1 saturated carbocycles. The van der Waals surface area contributed by atoms with Crippen LogP contribution < -0.4 is 25.2 Å². The van der Waals surface area contributed by atoms with Gasteiger partial charge in [-0.15, -0.1) is 0 Å². The number of ether oxygens (including phenoxy) is 3. The normalized spacial score (nSPS) is 18.9. The van der Waals surface area contributed by atoms with Crippen molar-refractivity contribution in [2.45, 2.75) is 109 Å². The molecule has 0 bridgehead atoms. The molecule has 436 valence electrons. The molecule has 1 aliphatic carbocycles. The standard InChI is InChI=1S/C63H71N13O8/c1-6-75-51(17-20-65-75)40-13-11-39(12-14-40)50(33-77)67-60(79)52-28-41(78)31-74(52)62(81)57(35(2)3)76-32-47-43-15-8-37(27-49(43)66-61(80)56(47)71-76)34-83-58-54(53-36(4)7-16-48-46(53)30-64-70-48)44(38-9-10-38)29-45-55(58)68-63(84-42-18-25-82-26-19-42)69-59(45)73-23-21-72(5)22-24-73/h7-8,11-17,20,27,29-30,32,35,38,41-42,50,52,57,77-78H,6,9-10,18-19,21-26,28,31,33-34H2,1-5H3,(H,64,70)(H,66,80)(H,67,79). The van der Waals surface area contributed by atoms with Crippen molar-refractivity contribution in [2.24, 2.45) is 5.92 Å². The largest absolute Gasteiger partial charge is 0.486 e. The molecule has 21 heteroatoms. The molecule has 4 aromatic carbocycles. The van der Waals surface area contributed by atoms with Gasteiger partial charge >= 0.3 is 6.01 Å². The molecule has 84 heavy (non-hydrogen) atoms. The third kappa shape index (κ3) is 10.4. The number of aromatic amines is 2. The second-order valence-electron chi connectivity index (χ2n) is 23.5. The van der Waals surface area contributed by atoms with Gasteiger partial charge in [-0.3, -0.25) is 28.8 Å². The molecule has 3 saturated heterocycles. The summed E-state index contributed by atoms with van der Waals surface area (Å²) in [6, 6.07) is 19.4. The van der Waals surface area contributed by atoms with E-state index in [-0.39, 0.29) is 43.7 Å². The molecule has 0 spiro atoms. The van der Waals surface area contributed by atoms with Crippen LogP contribution >= 0.6 is 0 Å². The highest BCUT2D eigenvalue weighted by Crippen LogP contribution is 2.53. The summed E-state index contributed by atoms with van der Waals surface area (Å²) in [6.07, 6.45) is 7.86. The van der Waals surface area contributed by atoms with Crippen LogP contribution in [0.4, 0.5) is 5.82 Å². The molecule has 4 atom stereocenters. The Morgan fingerprint density at radius 3 is 2.44 bits per heavy atom. The lowest BCUT2D eigenvalue weighted by Crippen LogP contribution is -2.50. The zero-order valence-corrected chi connectivity index (χ0v) is 48.0. The molecule has 8 heterocycles. The lowest BCUT2D eigenvalue weighted by Gasteiger charge is -2.34. The van der Waals surface area contributed by atoms with Crippen molar-refractivity contribution in [1.82, 2.24) is 59.8 Å². The van der Waals surface area contributed by atoms with Gasteiger partial charge < -0.3 is 49.4 Å². The van der Waals surface area contributed by atoms with E-state index in [1.165, 1.54) is 15.1 Å². The number of piperazine rings is 1. The fourth-order valence-electron chi connectivity index (χ4n) is 12.7. The van der Waals surface area contributed by atoms with Gasteiger partial charge in [-0.25, -0.2) is 0 Å². The first-order valence-electron chi connectivity index (χ1n) is 29.5. The van der Waals surface area contributed by atoms with E-state index in [9.17, 15) is 24.6 Å². The van der Waals surface area contributed by atoms with Crippen LogP contribution in [-0.2, 0) is 27.5 Å². The van der Waals surface area contributed by atoms with Crippen molar-refractivity contribution in [3.05, 3.63) is 118 Å². The number of fused-ring (bicyclic) bond motifs is 5. The van der Waals surface area contributed by atoms with E-state index in [0.717, 1.165) is 107 Å². The minimum Gasteiger partial charge on any atom is -0.486 e. The second-order valence-corrected chi connectivity index (χ2v) is 23.5. The van der Waals surface area contributed by atoms with Gasteiger partial charge in [0, 0.05) is 104 Å². The van der Waals surface area contributed by atoms with Crippen LogP contribution in [0.3, 0.4) is 0 Å². The number of pyridine rings is 1. The van der Waals surface area contributed by atoms with Crippen molar-refractivity contribution in [1.29, 1.82) is 0 Å². The maximum atomic E-state index is 14.9. The predicted molar refractivity (Wildman–Crippen MR) is 319 cm³/mol. The van der Waals surface area contributed by atoms with E-state index in [0.29, 0.717) is 64.8 Å². The summed E-state index contributed by atoms with van der Waals surface area (Å²) in [7, 11) is 2.14. The van der Waals surface area contributed by atoms with E-state index in [2.05, 4.69) is 67.6 Å². The van der Waals surface area contributed by atoms with Gasteiger partial charge in [0.15, 0.2) is 11.3 Å². The predicted octanol–water partition coefficient (Wildman–Crippen LogP) is 7.33. The number of likely N-dealkylation sites (tertiary alicyclic amines) is 1. The first-order valence-corrected chi connectivity index (χ1v) is 29.5. The highest BCUT2D eigenvalue weighted by atomic mass is 16.5. The van der Waals surface area contributed by atoms with Gasteiger partial charge in [-0.1, -0.05) is 56.3 Å². The number of β-amino-alcohol motifs (C(OH)–C–C–N with tert-alkyl or cyclic N) is 1. The molecule has 3 aliphatic heterocycles. The van der Waals surface area contributed by atoms with Crippen molar-refractivity contribution in [3.63, 3.8) is 0 Å². The number of hydrogen-bond donors (Lipinski definition) is 5. The topological polar surface area (TPSA) is 247 Å². The number of aryl methyl sites for hydroxylation is 2. The number of aliphatic hydroxyl groups excluding tert-OH is 2. The fourth-order valence-corrected chi connectivity index (χ4v) is 12.7. The summed E-state index contributed by atoms with van der Waals surface area (Å²) in [5.74, 6) is 0.485. The minimum absolute atomic E-state index is 0.0129. The number of likely N-dealkylation sites (N-methyl/N-ethyl adjacent to an activating group) is 1. The zero-order chi connectivity index (χ0) is 57.9. The first-order chi connectivity index (χ1) is 40.8. The van der Waals surface area contributed by atoms with Crippen LogP contribution in [0.15, 0.2) is 90.1 Å². The Balaban J connectivity index is 0.824. The second kappa shape index (κ2) is 22.7. The van der Waals surface area contributed by atoms with Gasteiger partial charge in [-0.05, 0) is 103 Å². The van der Waals surface area contributed by atoms with Crippen LogP contribution in [-0.4, -0.2) is 154 Å². The minimum atomic E-state index is -1.02. The highest BCUT2D eigenvalue weighted by Gasteiger charge is 2.43. The summed E-state index contributed by atoms with van der Waals surface area (Å²) in [5.41, 5.74) is 9.45. The molecule has 2 amide bonds. The summed E-state index contributed by atoms with van der Waals surface area (Å²) in [5, 5.41) is 44.5. The number of anilines is 1. The van der Waals surface area contributed by atoms with Gasteiger partial charge in [-0.2, -0.15) is 25.3 Å². The molecule has 5 N–H and O–H groups in total. The fraction of sp³-hybridized carbons (Fsp3) is 0.429. The van der Waals surface area contributed by atoms with Crippen LogP contribution in [0.5, 0.6) is 11.8 Å². The Hall–Kier alpha value is -8.24. The highest BCUT2D eigenvalue weighted by molar-refractivity contribution is 6.07. The molecule has 0 radical (unpaired) electrons. The Labute approximate surface area is 484 Å². The number of aromatic nitrogens is 9. The maximum Gasteiger partial charge on any atom is 0.319 e. The zero-order valence-electron chi connectivity index (χ0n) is 48.0. The number of H-pyrrole nitrogens is 2. The van der Waals surface area contributed by atoms with Crippen LogP contribution in [0.1, 0.15) is 93.1 Å². The number of amides is 2. The smallest absolute Gasteiger partial charge is 0.319 e. The van der Waals surface area contributed by atoms with Crippen molar-refractivity contribution >= 4 is 61.2 Å². The van der Waals surface area contributed by atoms with Gasteiger partial charge in [0.1, 0.15) is 36.1 Å². The van der Waals surface area contributed by atoms with E-state index in [1.807, 2.05) is 80.2 Å². The van der Waals surface area contributed by atoms with E-state index >= 15 is 0 Å². The summed E-state index contributed by atoms with van der Waals surface area (Å²) < 4.78 is 23.0. The molecule has 4 fully saturated rings. The van der Waals surface area contributed by atoms with Gasteiger partial charge in [0.25, 0.3) is 5.56 Å². The Morgan fingerprint density at radius 2 is 1.69 bits per heavy atom. The quantitative estimate of drug-likeness (QED) is 0.0599. The lowest BCUT2D eigenvalue weighted by atomic mass is 9.89. The number of nitrogens with zero attached hydrogens (tertiary/aromatic N) is 10. The number of carbonyl (C=O) groups excluding carboxylic acids is 2. The molecule has 4 aliphatic rings. The van der Waals surface area contributed by atoms with Crippen LogP contribution in [0, 0.1) is 12.8 Å². The Kier molecular flexibility index (Phi) is 14.9. The molecular formula is C63H71N13O8. The monoisotopic (exact) mass is 1140 g/mol. The number of carbonyl (C=O) groups is 2. The molecule has 13 rings (SSSR count). The number of benzene rings is 4. The molecule has 21 nitrogen and oxygen atoms in total. The van der Waals surface area contributed by atoms with Crippen LogP contribution in [0.2, 0.25) is 0 Å². The summed E-state index contributed by atoms with van der Waals surface area (Å²) in [6.45, 7) is 12.8. The van der Waals surface area contributed by atoms with Crippen molar-refractivity contribution < 1.29 is 34.0 Å². The third-order valence-corrected chi connectivity index (χ3v) is 17.4. The number of hydrogen-bond acceptors (Lipinski definition) is 15. The summed E-state index contributed by atoms with van der Waals surface area (Å²) in [4.78, 5) is 62.9. The Morgan fingerprint density at radius 1 is 0.893 bits per heavy atom. The first kappa shape index (κ1) is 55.0. The lowest BCUT2D eigenvalue weighted by molar-refractivity contribution is -0.142. The Bertz CT molecular complexity index is 4000. The average molecular weight is 1140 g/mol. The number of rotatable bonds is 17. The SMILES string of the molecule is CCn1nccc1-c1ccc(C(CO)NC(=O)C2CC(O)CN2C(=O)C(C(C)C)n2cc3c(n2)c(=O)[nH]c2cc(COc4c(-c5c(C)ccc6[nH]ncc56)c(C5CC5)cc5c(N6CCN(C)CC6)nc(OC6CCOCC6)nc45)ccc23)cc1.